The third-order valence-electron chi connectivity index (χ3n) is 1.54. The lowest BCUT2D eigenvalue weighted by atomic mass is 10.2. The number of unbranched alkanes of at least 4 members (excludes halogenated alkanes) is 2. The van der Waals surface area contributed by atoms with E-state index < -0.39 is 0 Å². The lowest BCUT2D eigenvalue weighted by Gasteiger charge is -2.04. The first-order valence-electron chi connectivity index (χ1n) is 4.41. The van der Waals surface area contributed by atoms with Crippen molar-refractivity contribution in [2.75, 3.05) is 19.0 Å². The van der Waals surface area contributed by atoms with Gasteiger partial charge in [0.05, 0.1) is 6.61 Å². The summed E-state index contributed by atoms with van der Waals surface area (Å²) in [5, 5.41) is 0. The van der Waals surface area contributed by atoms with Gasteiger partial charge in [0.15, 0.2) is 0 Å². The third-order valence-corrected chi connectivity index (χ3v) is 2.24. The van der Waals surface area contributed by atoms with Gasteiger partial charge in [-0.2, -0.15) is 0 Å². The number of hydrogen-bond donors (Lipinski definition) is 0. The molecule has 0 aromatic heterocycles. The van der Waals surface area contributed by atoms with Crippen molar-refractivity contribution in [1.29, 1.82) is 0 Å². The predicted octanol–water partition coefficient (Wildman–Crippen LogP) is 2.07. The molecular formula is C9H18O2S+. The van der Waals surface area contributed by atoms with E-state index in [-0.39, 0.29) is 0 Å². The molecule has 0 heterocycles. The van der Waals surface area contributed by atoms with Crippen molar-refractivity contribution < 1.29 is 8.95 Å². The van der Waals surface area contributed by atoms with Crippen molar-refractivity contribution in [3.05, 3.63) is 6.42 Å². The normalized spacial score (nSPS) is 12.8. The zero-order valence-electron chi connectivity index (χ0n) is 7.91. The first-order valence-corrected chi connectivity index (χ1v) is 5.32. The number of rotatable bonds is 8. The van der Waals surface area contributed by atoms with Crippen LogP contribution in [-0.4, -0.2) is 19.0 Å². The van der Waals surface area contributed by atoms with E-state index >= 15 is 0 Å². The van der Waals surface area contributed by atoms with Crippen LogP contribution in [-0.2, 0) is 20.6 Å². The second-order valence-corrected chi connectivity index (χ2v) is 3.58. The topological polar surface area (TPSA) is 26.3 Å². The van der Waals surface area contributed by atoms with Gasteiger partial charge < -0.3 is 4.74 Å². The van der Waals surface area contributed by atoms with E-state index in [1.54, 1.807) is 0 Å². The van der Waals surface area contributed by atoms with Gasteiger partial charge in [-0.15, -0.1) is 0 Å². The van der Waals surface area contributed by atoms with Gasteiger partial charge in [0, 0.05) is 16.7 Å². The summed E-state index contributed by atoms with van der Waals surface area (Å²) in [6, 6.07) is 0. The average molecular weight is 190 g/mol. The maximum Gasteiger partial charge on any atom is 0.459 e. The highest BCUT2D eigenvalue weighted by molar-refractivity contribution is 7.65. The van der Waals surface area contributed by atoms with E-state index in [2.05, 4.69) is 13.3 Å². The van der Waals surface area contributed by atoms with Gasteiger partial charge in [0.1, 0.15) is 0 Å². The molecule has 0 saturated heterocycles. The van der Waals surface area contributed by atoms with E-state index in [4.69, 9.17) is 4.74 Å². The Morgan fingerprint density at radius 3 is 2.92 bits per heavy atom. The minimum atomic E-state index is 0.387. The van der Waals surface area contributed by atoms with Crippen molar-refractivity contribution in [2.45, 2.75) is 26.7 Å². The van der Waals surface area contributed by atoms with Crippen LogP contribution in [0.2, 0.25) is 0 Å². The van der Waals surface area contributed by atoms with Crippen LogP contribution in [0.4, 0.5) is 0 Å². The van der Waals surface area contributed by atoms with Crippen molar-refractivity contribution >= 4 is 11.7 Å². The molecule has 12 heavy (non-hydrogen) atoms. The molecule has 2 nitrogen and oxygen atoms in total. The molecule has 0 saturated carbocycles. The Bertz CT molecular complexity index is 107. The van der Waals surface area contributed by atoms with Crippen molar-refractivity contribution in [3.63, 3.8) is 0 Å². The SMILES string of the molecule is C[CH]CCCOCC(C)C[S+]=O. The average Bonchev–Trinajstić information content (AvgIpc) is 2.05. The Morgan fingerprint density at radius 1 is 1.58 bits per heavy atom. The van der Waals surface area contributed by atoms with Crippen LogP contribution in [0, 0.1) is 12.3 Å². The van der Waals surface area contributed by atoms with Crippen molar-refractivity contribution in [2.24, 2.45) is 5.92 Å². The number of ether oxygens (including phenoxy) is 1. The van der Waals surface area contributed by atoms with Crippen LogP contribution < -0.4 is 0 Å². The molecule has 71 valence electrons. The molecule has 0 aliphatic carbocycles. The van der Waals surface area contributed by atoms with Crippen LogP contribution in [0.3, 0.4) is 0 Å². The fourth-order valence-corrected chi connectivity index (χ4v) is 1.17. The van der Waals surface area contributed by atoms with E-state index in [1.807, 2.05) is 6.92 Å². The molecule has 0 fully saturated rings. The first kappa shape index (κ1) is 12.0. The van der Waals surface area contributed by atoms with Gasteiger partial charge in [0.2, 0.25) is 5.75 Å². The summed E-state index contributed by atoms with van der Waals surface area (Å²) in [7, 11) is 0. The first-order chi connectivity index (χ1) is 5.81. The molecule has 1 radical (unpaired) electrons. The summed E-state index contributed by atoms with van der Waals surface area (Å²) < 4.78 is 15.5. The molecule has 1 atom stereocenters. The van der Waals surface area contributed by atoms with Crippen LogP contribution in [0.1, 0.15) is 26.7 Å². The maximum absolute atomic E-state index is 10.1. The van der Waals surface area contributed by atoms with Gasteiger partial charge in [0.25, 0.3) is 0 Å². The van der Waals surface area contributed by atoms with E-state index in [0.29, 0.717) is 23.3 Å². The third kappa shape index (κ3) is 8.08. The zero-order valence-corrected chi connectivity index (χ0v) is 8.73. The zero-order chi connectivity index (χ0) is 9.23. The Balaban J connectivity index is 3.02. The molecule has 1 unspecified atom stereocenters. The predicted molar refractivity (Wildman–Crippen MR) is 52.1 cm³/mol. The van der Waals surface area contributed by atoms with Gasteiger partial charge in [-0.25, -0.2) is 0 Å². The molecular weight excluding hydrogens is 172 g/mol. The van der Waals surface area contributed by atoms with E-state index in [1.165, 1.54) is 0 Å². The maximum atomic E-state index is 10.1. The van der Waals surface area contributed by atoms with Gasteiger partial charge in [-0.1, -0.05) is 13.8 Å². The minimum absolute atomic E-state index is 0.387. The molecule has 0 rings (SSSR count). The highest BCUT2D eigenvalue weighted by Crippen LogP contribution is 1.98. The molecule has 0 aromatic rings. The molecule has 0 bridgehead atoms. The Kier molecular flexibility index (Phi) is 9.06. The monoisotopic (exact) mass is 190 g/mol. The second kappa shape index (κ2) is 9.07. The van der Waals surface area contributed by atoms with Gasteiger partial charge >= 0.3 is 11.7 Å². The molecule has 0 N–H and O–H groups in total. The summed E-state index contributed by atoms with van der Waals surface area (Å²) in [5.41, 5.74) is 0. The Morgan fingerprint density at radius 2 is 2.33 bits per heavy atom. The minimum Gasteiger partial charge on any atom is -0.381 e. The lowest BCUT2D eigenvalue weighted by molar-refractivity contribution is 0.109. The number of hydrogen-bond acceptors (Lipinski definition) is 2. The molecule has 0 aliphatic rings. The lowest BCUT2D eigenvalue weighted by Crippen LogP contribution is -2.10. The quantitative estimate of drug-likeness (QED) is 0.432. The largest absolute Gasteiger partial charge is 0.459 e. The fraction of sp³-hybridized carbons (Fsp3) is 0.889. The molecule has 0 amide bonds. The fourth-order valence-electron chi connectivity index (χ4n) is 0.838. The molecule has 0 aromatic carbocycles. The molecule has 3 heteroatoms. The summed E-state index contributed by atoms with van der Waals surface area (Å²) in [6.07, 6.45) is 4.35. The molecule has 0 spiro atoms. The second-order valence-electron chi connectivity index (χ2n) is 3.02. The van der Waals surface area contributed by atoms with Crippen LogP contribution >= 0.6 is 0 Å². The standard InChI is InChI=1S/C9H18O2S/c1-3-4-5-6-11-7-9(2)8-12-10/h3,9H,4-8H2,1-2H3/q+1. The molecule has 0 aliphatic heterocycles. The van der Waals surface area contributed by atoms with E-state index in [0.717, 1.165) is 26.1 Å². The van der Waals surface area contributed by atoms with Crippen LogP contribution in [0.5, 0.6) is 0 Å². The highest BCUT2D eigenvalue weighted by Gasteiger charge is 2.09. The van der Waals surface area contributed by atoms with E-state index in [9.17, 15) is 4.21 Å². The van der Waals surface area contributed by atoms with Gasteiger partial charge in [-0.3, -0.25) is 0 Å². The van der Waals surface area contributed by atoms with Crippen LogP contribution in [0.15, 0.2) is 0 Å². The Labute approximate surface area is 79.2 Å². The smallest absolute Gasteiger partial charge is 0.381 e. The summed E-state index contributed by atoms with van der Waals surface area (Å²) in [4.78, 5) is 0. The van der Waals surface area contributed by atoms with Crippen LogP contribution in [0.25, 0.3) is 0 Å². The highest BCUT2D eigenvalue weighted by atomic mass is 32.1. The Hall–Kier alpha value is -0.0200. The summed E-state index contributed by atoms with van der Waals surface area (Å²) in [5.74, 6) is 1.04. The summed E-state index contributed by atoms with van der Waals surface area (Å²) >= 11 is 0.642. The summed E-state index contributed by atoms with van der Waals surface area (Å²) in [6.45, 7) is 5.63. The van der Waals surface area contributed by atoms with Gasteiger partial charge in [-0.05, 0) is 19.3 Å². The van der Waals surface area contributed by atoms with Crippen molar-refractivity contribution in [3.8, 4) is 0 Å². The van der Waals surface area contributed by atoms with Crippen molar-refractivity contribution in [1.82, 2.24) is 0 Å².